The first-order valence-electron chi connectivity index (χ1n) is 11.0. The lowest BCUT2D eigenvalue weighted by atomic mass is 10.1. The van der Waals surface area contributed by atoms with Crippen molar-refractivity contribution in [2.75, 3.05) is 41.9 Å². The minimum Gasteiger partial charge on any atom is -0.378 e. The number of anilines is 4. The molecular formula is C24H25ClN8O. The molecule has 2 aromatic heterocycles. The Kier molecular flexibility index (Phi) is 6.29. The largest absolute Gasteiger partial charge is 0.378 e. The van der Waals surface area contributed by atoms with E-state index in [4.69, 9.17) is 16.3 Å². The number of fused-ring (bicyclic) bond motifs is 1. The summed E-state index contributed by atoms with van der Waals surface area (Å²) in [6.45, 7) is 6.65. The van der Waals surface area contributed by atoms with Crippen LogP contribution in [0.4, 0.5) is 23.5 Å². The van der Waals surface area contributed by atoms with Crippen LogP contribution in [0.5, 0.6) is 0 Å². The zero-order chi connectivity index (χ0) is 23.5. The van der Waals surface area contributed by atoms with Crippen molar-refractivity contribution in [3.63, 3.8) is 0 Å². The van der Waals surface area contributed by atoms with Gasteiger partial charge >= 0.3 is 0 Å². The summed E-state index contributed by atoms with van der Waals surface area (Å²) in [5, 5.41) is 9.42. The molecule has 10 heteroatoms. The van der Waals surface area contributed by atoms with Crippen LogP contribution in [0.15, 0.2) is 47.6 Å². The quantitative estimate of drug-likeness (QED) is 0.275. The number of rotatable bonds is 6. The molecule has 1 aliphatic rings. The molecule has 3 heterocycles. The van der Waals surface area contributed by atoms with Gasteiger partial charge in [0.2, 0.25) is 17.8 Å². The zero-order valence-corrected chi connectivity index (χ0v) is 19.7. The Bertz CT molecular complexity index is 1350. The van der Waals surface area contributed by atoms with Crippen molar-refractivity contribution >= 4 is 52.3 Å². The Hall–Kier alpha value is -3.69. The van der Waals surface area contributed by atoms with Crippen molar-refractivity contribution in [3.05, 3.63) is 64.3 Å². The average molecular weight is 477 g/mol. The molecule has 174 valence electrons. The van der Waals surface area contributed by atoms with Crippen molar-refractivity contribution in [2.24, 2.45) is 5.10 Å². The first-order valence-corrected chi connectivity index (χ1v) is 11.4. The van der Waals surface area contributed by atoms with Gasteiger partial charge in [0.1, 0.15) is 0 Å². The van der Waals surface area contributed by atoms with E-state index in [1.807, 2.05) is 50.2 Å². The predicted octanol–water partition coefficient (Wildman–Crippen LogP) is 4.65. The summed E-state index contributed by atoms with van der Waals surface area (Å²) in [6.07, 6.45) is 1.78. The number of halogens is 1. The molecular weight excluding hydrogens is 452 g/mol. The van der Waals surface area contributed by atoms with Crippen molar-refractivity contribution in [2.45, 2.75) is 13.8 Å². The number of morpholine rings is 1. The van der Waals surface area contributed by atoms with Crippen LogP contribution in [0.3, 0.4) is 0 Å². The number of hydrazone groups is 1. The molecule has 4 aromatic rings. The van der Waals surface area contributed by atoms with Crippen molar-refractivity contribution in [3.8, 4) is 0 Å². The molecule has 0 spiro atoms. The highest BCUT2D eigenvalue weighted by molar-refractivity contribution is 6.31. The number of ether oxygens (including phenoxy) is 1. The molecule has 5 rings (SSSR count). The standard InChI is InChI=1S/C24H25ClN8O/c1-15-7-8-17(13-20(15)25)28-22-29-23(31-24(30-22)33-9-11-34-12-10-33)32-26-14-19-16(2)27-21-6-4-3-5-18(19)21/h3-8,13-14,27H,9-12H2,1-2H3,(H2,28,29,30,31,32)/b26-14+. The van der Waals surface area contributed by atoms with Gasteiger partial charge in [0.25, 0.3) is 0 Å². The van der Waals surface area contributed by atoms with Crippen molar-refractivity contribution < 1.29 is 4.74 Å². The van der Waals surface area contributed by atoms with E-state index in [0.29, 0.717) is 49.2 Å². The number of para-hydroxylation sites is 1. The topological polar surface area (TPSA) is 103 Å². The molecule has 9 nitrogen and oxygen atoms in total. The number of nitrogens with zero attached hydrogens (tertiary/aromatic N) is 5. The highest BCUT2D eigenvalue weighted by Crippen LogP contribution is 2.24. The summed E-state index contributed by atoms with van der Waals surface area (Å²) in [5.74, 6) is 1.29. The van der Waals surface area contributed by atoms with Crippen LogP contribution >= 0.6 is 11.6 Å². The minimum atomic E-state index is 0.339. The van der Waals surface area contributed by atoms with Crippen LogP contribution in [0, 0.1) is 13.8 Å². The lowest BCUT2D eigenvalue weighted by Crippen LogP contribution is -2.37. The van der Waals surface area contributed by atoms with Crippen LogP contribution in [0.2, 0.25) is 5.02 Å². The molecule has 1 fully saturated rings. The van der Waals surface area contributed by atoms with Crippen LogP contribution in [0.25, 0.3) is 10.9 Å². The Morgan fingerprint density at radius 3 is 2.68 bits per heavy atom. The molecule has 0 unspecified atom stereocenters. The van der Waals surface area contributed by atoms with E-state index >= 15 is 0 Å². The number of hydrogen-bond acceptors (Lipinski definition) is 8. The summed E-state index contributed by atoms with van der Waals surface area (Å²) in [6, 6.07) is 13.9. The molecule has 0 bridgehead atoms. The van der Waals surface area contributed by atoms with Gasteiger partial charge in [-0.3, -0.25) is 0 Å². The Morgan fingerprint density at radius 2 is 1.85 bits per heavy atom. The van der Waals surface area contributed by atoms with Crippen molar-refractivity contribution in [1.29, 1.82) is 0 Å². The van der Waals surface area contributed by atoms with E-state index in [2.05, 4.69) is 46.7 Å². The zero-order valence-electron chi connectivity index (χ0n) is 19.0. The normalized spacial score (nSPS) is 14.1. The predicted molar refractivity (Wildman–Crippen MR) is 137 cm³/mol. The summed E-state index contributed by atoms with van der Waals surface area (Å²) in [7, 11) is 0. The fourth-order valence-corrected chi connectivity index (χ4v) is 3.97. The summed E-state index contributed by atoms with van der Waals surface area (Å²) >= 11 is 6.29. The number of aromatic amines is 1. The SMILES string of the molecule is Cc1ccc(Nc2nc(N/N=C/c3c(C)[nH]c4ccccc34)nc(N3CCOCC3)n2)cc1Cl. The maximum atomic E-state index is 6.29. The lowest BCUT2D eigenvalue weighted by molar-refractivity contribution is 0.122. The van der Waals surface area contributed by atoms with Gasteiger partial charge in [0.05, 0.1) is 19.4 Å². The van der Waals surface area contributed by atoms with Gasteiger partial charge < -0.3 is 19.9 Å². The number of aromatic nitrogens is 4. The molecule has 0 radical (unpaired) electrons. The van der Waals surface area contributed by atoms with E-state index in [0.717, 1.165) is 33.4 Å². The van der Waals surface area contributed by atoms with E-state index < -0.39 is 0 Å². The molecule has 1 aliphatic heterocycles. The Morgan fingerprint density at radius 1 is 1.06 bits per heavy atom. The summed E-state index contributed by atoms with van der Waals surface area (Å²) in [4.78, 5) is 19.1. The Balaban J connectivity index is 1.42. The molecule has 0 aliphatic carbocycles. The van der Waals surface area contributed by atoms with Gasteiger partial charge in [-0.2, -0.15) is 20.1 Å². The van der Waals surface area contributed by atoms with E-state index in [1.54, 1.807) is 6.21 Å². The molecule has 1 saturated heterocycles. The lowest BCUT2D eigenvalue weighted by Gasteiger charge is -2.27. The maximum Gasteiger partial charge on any atom is 0.250 e. The number of benzene rings is 2. The van der Waals surface area contributed by atoms with E-state index in [1.165, 1.54) is 0 Å². The van der Waals surface area contributed by atoms with Gasteiger partial charge in [-0.1, -0.05) is 35.9 Å². The molecule has 0 amide bonds. The number of H-pyrrole nitrogens is 1. The summed E-state index contributed by atoms with van der Waals surface area (Å²) in [5.41, 5.74) is 7.88. The first kappa shape index (κ1) is 22.1. The number of aryl methyl sites for hydroxylation is 2. The van der Waals surface area contributed by atoms with Crippen LogP contribution in [-0.2, 0) is 4.74 Å². The van der Waals surface area contributed by atoms with Gasteiger partial charge in [0, 0.05) is 46.0 Å². The van der Waals surface area contributed by atoms with Gasteiger partial charge in [0.15, 0.2) is 0 Å². The highest BCUT2D eigenvalue weighted by atomic mass is 35.5. The molecule has 0 atom stereocenters. The monoisotopic (exact) mass is 476 g/mol. The third kappa shape index (κ3) is 4.80. The van der Waals surface area contributed by atoms with Crippen LogP contribution in [-0.4, -0.2) is 52.5 Å². The average Bonchev–Trinajstić information content (AvgIpc) is 3.17. The number of hydrogen-bond donors (Lipinski definition) is 3. The van der Waals surface area contributed by atoms with E-state index in [9.17, 15) is 0 Å². The van der Waals surface area contributed by atoms with Gasteiger partial charge in [-0.15, -0.1) is 0 Å². The van der Waals surface area contributed by atoms with Gasteiger partial charge in [-0.05, 0) is 37.6 Å². The second-order valence-electron chi connectivity index (χ2n) is 8.05. The third-order valence-corrected chi connectivity index (χ3v) is 6.05. The van der Waals surface area contributed by atoms with Crippen LogP contribution < -0.4 is 15.6 Å². The Labute approximate surface area is 202 Å². The fourth-order valence-electron chi connectivity index (χ4n) is 3.79. The smallest absolute Gasteiger partial charge is 0.250 e. The maximum absolute atomic E-state index is 6.29. The third-order valence-electron chi connectivity index (χ3n) is 5.65. The first-order chi connectivity index (χ1) is 16.6. The fraction of sp³-hybridized carbons (Fsp3) is 0.250. The molecule has 3 N–H and O–H groups in total. The number of nitrogens with one attached hydrogen (secondary N) is 3. The second kappa shape index (κ2) is 9.66. The highest BCUT2D eigenvalue weighted by Gasteiger charge is 2.17. The minimum absolute atomic E-state index is 0.339. The van der Waals surface area contributed by atoms with E-state index in [-0.39, 0.29) is 0 Å². The molecule has 34 heavy (non-hydrogen) atoms. The van der Waals surface area contributed by atoms with Gasteiger partial charge in [-0.25, -0.2) is 5.43 Å². The summed E-state index contributed by atoms with van der Waals surface area (Å²) < 4.78 is 5.47. The van der Waals surface area contributed by atoms with Crippen LogP contribution in [0.1, 0.15) is 16.8 Å². The molecule has 0 saturated carbocycles. The molecule has 2 aromatic carbocycles. The van der Waals surface area contributed by atoms with Crippen molar-refractivity contribution in [1.82, 2.24) is 19.9 Å². The second-order valence-corrected chi connectivity index (χ2v) is 8.46.